The van der Waals surface area contributed by atoms with Gasteiger partial charge in [-0.15, -0.1) is 16.1 Å². The van der Waals surface area contributed by atoms with Gasteiger partial charge in [-0.1, -0.05) is 0 Å². The molecule has 0 aliphatic rings. The van der Waals surface area contributed by atoms with Crippen molar-refractivity contribution < 1.29 is 18.0 Å². The molecule has 0 aromatic carbocycles. The number of pyridine rings is 1. The van der Waals surface area contributed by atoms with Crippen molar-refractivity contribution in [1.82, 2.24) is 39.7 Å². The van der Waals surface area contributed by atoms with Crippen molar-refractivity contribution in [2.24, 2.45) is 0 Å². The zero-order valence-corrected chi connectivity index (χ0v) is 17.4. The highest BCUT2D eigenvalue weighted by molar-refractivity contribution is 7.16. The Bertz CT molecular complexity index is 1570. The van der Waals surface area contributed by atoms with E-state index in [0.717, 1.165) is 17.3 Å². The van der Waals surface area contributed by atoms with E-state index in [1.54, 1.807) is 11.4 Å². The summed E-state index contributed by atoms with van der Waals surface area (Å²) < 4.78 is 42.7. The van der Waals surface area contributed by atoms with E-state index in [1.807, 2.05) is 6.07 Å². The van der Waals surface area contributed by atoms with Gasteiger partial charge in [0.2, 0.25) is 0 Å². The smallest absolute Gasteiger partial charge is 0.320 e. The number of carbonyl (C=O) groups excluding carboxylic acids is 1. The van der Waals surface area contributed by atoms with Crippen LogP contribution in [0.2, 0.25) is 0 Å². The summed E-state index contributed by atoms with van der Waals surface area (Å²) in [4.78, 5) is 26.4. The number of carbonyl (C=O) groups is 1. The lowest BCUT2D eigenvalue weighted by molar-refractivity contribution is -0.143. The van der Waals surface area contributed by atoms with Crippen LogP contribution in [0.1, 0.15) is 21.6 Å². The predicted octanol–water partition coefficient (Wildman–Crippen LogP) is 3.00. The largest absolute Gasteiger partial charge is 0.434 e. The van der Waals surface area contributed by atoms with Crippen molar-refractivity contribution in [3.8, 4) is 17.7 Å². The molecule has 1 amide bonds. The number of rotatable bonds is 4. The molecular formula is C19H9F3N10OS. The number of fused-ring (bicyclic) bond motifs is 1. The van der Waals surface area contributed by atoms with E-state index in [0.29, 0.717) is 14.9 Å². The lowest BCUT2D eigenvalue weighted by Crippen LogP contribution is -2.21. The molecule has 5 rings (SSSR count). The van der Waals surface area contributed by atoms with Crippen LogP contribution >= 0.6 is 11.3 Å². The summed E-state index contributed by atoms with van der Waals surface area (Å²) in [5.41, 5.74) is -2.03. The minimum atomic E-state index is -4.93. The van der Waals surface area contributed by atoms with Crippen molar-refractivity contribution in [2.75, 3.05) is 5.32 Å². The molecule has 0 atom stereocenters. The van der Waals surface area contributed by atoms with E-state index < -0.39 is 23.3 Å². The first-order chi connectivity index (χ1) is 16.4. The van der Waals surface area contributed by atoms with Crippen molar-refractivity contribution in [2.45, 2.75) is 6.18 Å². The van der Waals surface area contributed by atoms with Gasteiger partial charge in [0, 0.05) is 0 Å². The molecule has 0 aliphatic carbocycles. The van der Waals surface area contributed by atoms with Crippen LogP contribution in [0.5, 0.6) is 0 Å². The Labute approximate surface area is 191 Å². The second-order valence-corrected chi connectivity index (χ2v) is 7.53. The minimum Gasteiger partial charge on any atom is -0.320 e. The number of nitrogens with one attached hydrogen (secondary N) is 1. The van der Waals surface area contributed by atoms with Gasteiger partial charge in [0.15, 0.2) is 17.3 Å². The van der Waals surface area contributed by atoms with Crippen LogP contribution in [0.4, 0.5) is 18.9 Å². The fourth-order valence-corrected chi connectivity index (χ4v) is 3.91. The molecule has 11 nitrogen and oxygen atoms in total. The average Bonchev–Trinajstić information content (AvgIpc) is 3.58. The molecular weight excluding hydrogens is 473 g/mol. The molecule has 0 fully saturated rings. The first-order valence-electron chi connectivity index (χ1n) is 9.29. The molecule has 0 saturated carbocycles. The number of nitriles is 1. The SMILES string of the molecule is N#Cc1cc(NC(=O)c2cnn(-c3ncnc4sccc34)c2C(F)(F)F)cnc1-n1nccn1. The zero-order chi connectivity index (χ0) is 23.9. The molecule has 15 heteroatoms. The van der Waals surface area contributed by atoms with Crippen LogP contribution in [0.15, 0.2) is 48.6 Å². The Hall–Kier alpha value is -4.71. The van der Waals surface area contributed by atoms with E-state index in [2.05, 4.69) is 35.6 Å². The van der Waals surface area contributed by atoms with Crippen molar-refractivity contribution in [3.05, 3.63) is 65.4 Å². The molecule has 0 bridgehead atoms. The van der Waals surface area contributed by atoms with Crippen LogP contribution in [-0.4, -0.2) is 45.6 Å². The van der Waals surface area contributed by atoms with E-state index >= 15 is 0 Å². The van der Waals surface area contributed by atoms with Gasteiger partial charge in [0.25, 0.3) is 5.91 Å². The summed E-state index contributed by atoms with van der Waals surface area (Å²) in [5.74, 6) is -1.11. The fourth-order valence-electron chi connectivity index (χ4n) is 3.18. The second-order valence-electron chi connectivity index (χ2n) is 6.63. The van der Waals surface area contributed by atoms with Gasteiger partial charge in [-0.05, 0) is 17.5 Å². The molecule has 0 spiro atoms. The van der Waals surface area contributed by atoms with Gasteiger partial charge in [-0.25, -0.2) is 19.6 Å². The first-order valence-corrected chi connectivity index (χ1v) is 10.2. The molecule has 168 valence electrons. The molecule has 0 saturated heterocycles. The summed E-state index contributed by atoms with van der Waals surface area (Å²) in [6.45, 7) is 0. The topological polar surface area (TPSA) is 140 Å². The predicted molar refractivity (Wildman–Crippen MR) is 111 cm³/mol. The van der Waals surface area contributed by atoms with Gasteiger partial charge >= 0.3 is 6.18 Å². The number of hydrogen-bond donors (Lipinski definition) is 1. The number of aromatic nitrogens is 8. The molecule has 34 heavy (non-hydrogen) atoms. The van der Waals surface area contributed by atoms with Gasteiger partial charge in [0.05, 0.1) is 41.4 Å². The highest BCUT2D eigenvalue weighted by Crippen LogP contribution is 2.35. The molecule has 0 unspecified atom stereocenters. The zero-order valence-electron chi connectivity index (χ0n) is 16.6. The number of anilines is 1. The lowest BCUT2D eigenvalue weighted by Gasteiger charge is -2.13. The number of nitrogens with zero attached hydrogens (tertiary/aromatic N) is 9. The maximum atomic E-state index is 14.0. The number of amides is 1. The Morgan fingerprint density at radius 1 is 1.09 bits per heavy atom. The van der Waals surface area contributed by atoms with E-state index in [9.17, 15) is 23.2 Å². The van der Waals surface area contributed by atoms with Gasteiger partial charge < -0.3 is 5.32 Å². The number of thiophene rings is 1. The minimum absolute atomic E-state index is 0.000548. The van der Waals surface area contributed by atoms with Gasteiger partial charge in [-0.2, -0.15) is 33.7 Å². The summed E-state index contributed by atoms with van der Waals surface area (Å²) >= 11 is 1.23. The summed E-state index contributed by atoms with van der Waals surface area (Å²) in [6.07, 6.45) is 0.948. The third-order valence-corrected chi connectivity index (χ3v) is 5.40. The molecule has 0 radical (unpaired) electrons. The lowest BCUT2D eigenvalue weighted by atomic mass is 10.2. The van der Waals surface area contributed by atoms with Crippen molar-refractivity contribution >= 4 is 33.1 Å². The highest BCUT2D eigenvalue weighted by Gasteiger charge is 2.41. The molecule has 1 N–H and O–H groups in total. The Balaban J connectivity index is 1.53. The van der Waals surface area contributed by atoms with Gasteiger partial charge in [0.1, 0.15) is 22.8 Å². The molecule has 5 aromatic heterocycles. The number of alkyl halides is 3. The van der Waals surface area contributed by atoms with Crippen molar-refractivity contribution in [3.63, 3.8) is 0 Å². The molecule has 5 aromatic rings. The van der Waals surface area contributed by atoms with Crippen molar-refractivity contribution in [1.29, 1.82) is 5.26 Å². The van der Waals surface area contributed by atoms with E-state index in [-0.39, 0.29) is 22.9 Å². The summed E-state index contributed by atoms with van der Waals surface area (Å²) in [6, 6.07) is 4.71. The maximum absolute atomic E-state index is 14.0. The van der Waals surface area contributed by atoms with Gasteiger partial charge in [-0.3, -0.25) is 4.79 Å². The Kier molecular flexibility index (Phi) is 4.98. The average molecular weight is 482 g/mol. The van der Waals surface area contributed by atoms with E-state index in [1.165, 1.54) is 36.0 Å². The Morgan fingerprint density at radius 3 is 2.62 bits per heavy atom. The third-order valence-electron chi connectivity index (χ3n) is 4.58. The Morgan fingerprint density at radius 2 is 1.88 bits per heavy atom. The summed E-state index contributed by atoms with van der Waals surface area (Å²) in [5, 5.41) is 25.3. The van der Waals surface area contributed by atoms with Crippen LogP contribution in [0, 0.1) is 11.3 Å². The van der Waals surface area contributed by atoms with E-state index in [4.69, 9.17) is 0 Å². The molecule has 0 aliphatic heterocycles. The normalized spacial score (nSPS) is 11.5. The molecule has 5 heterocycles. The number of hydrogen-bond acceptors (Lipinski definition) is 9. The first kappa shape index (κ1) is 21.2. The van der Waals surface area contributed by atoms with Crippen LogP contribution in [0.25, 0.3) is 21.9 Å². The quantitative estimate of drug-likeness (QED) is 0.412. The summed E-state index contributed by atoms with van der Waals surface area (Å²) in [7, 11) is 0. The fraction of sp³-hybridized carbons (Fsp3) is 0.0526. The monoisotopic (exact) mass is 482 g/mol. The maximum Gasteiger partial charge on any atom is 0.434 e. The standard InChI is InChI=1S/C19H9F3N10OS/c20-19(21,22)14-13(8-29-31(14)16-12-1-4-34-18(12)26-9-25-16)17(33)30-11-5-10(6-23)15(24-7-11)32-27-2-3-28-32/h1-5,7-9H,(H,30,33). The highest BCUT2D eigenvalue weighted by atomic mass is 32.1. The third kappa shape index (κ3) is 3.61. The van der Waals surface area contributed by atoms with Crippen LogP contribution in [0.3, 0.4) is 0 Å². The number of halogens is 3. The van der Waals surface area contributed by atoms with Crippen LogP contribution < -0.4 is 5.32 Å². The van der Waals surface area contributed by atoms with Crippen LogP contribution in [-0.2, 0) is 6.18 Å². The second kappa shape index (κ2) is 8.01.